The van der Waals surface area contributed by atoms with Crippen LogP contribution in [0, 0.1) is 19.3 Å². The molecule has 2 aliphatic heterocycles. The number of nitrogens with one attached hydrogen (secondary N) is 5. The van der Waals surface area contributed by atoms with Crippen LogP contribution in [0.4, 0.5) is 23.1 Å². The molecule has 448 valence electrons. The summed E-state index contributed by atoms with van der Waals surface area (Å²) in [6, 6.07) is 18.1. The lowest BCUT2D eigenvalue weighted by molar-refractivity contribution is -0.144. The lowest BCUT2D eigenvalue weighted by Crippen LogP contribution is -2.58. The molecule has 83 heavy (non-hydrogen) atoms. The summed E-state index contributed by atoms with van der Waals surface area (Å²) in [4.78, 5) is 85.4. The minimum absolute atomic E-state index is 0.0323. The van der Waals surface area contributed by atoms with Gasteiger partial charge in [-0.15, -0.1) is 23.1 Å². The van der Waals surface area contributed by atoms with Crippen molar-refractivity contribution in [2.45, 2.75) is 148 Å². The quantitative estimate of drug-likeness (QED) is 0.0212. The Hall–Kier alpha value is -6.36. The van der Waals surface area contributed by atoms with Crippen LogP contribution in [0.5, 0.6) is 5.75 Å². The second-order valence-electron chi connectivity index (χ2n) is 22.6. The molecule has 5 aromatic rings. The highest BCUT2D eigenvalue weighted by Crippen LogP contribution is 2.39. The normalized spacial score (nSPS) is 16.0. The van der Waals surface area contributed by atoms with E-state index < -0.39 is 35.4 Å². The number of hydrogen-bond donors (Lipinski definition) is 6. The van der Waals surface area contributed by atoms with Gasteiger partial charge in [0.15, 0.2) is 5.82 Å². The van der Waals surface area contributed by atoms with E-state index in [1.54, 1.807) is 34.8 Å². The number of likely N-dealkylation sites (tertiary alicyclic amines) is 2. The number of β-amino-alcohol motifs (C(OH)–C–C–N with tert-alkyl or cyclic N) is 1. The predicted octanol–water partition coefficient (Wildman–Crippen LogP) is 9.48. The molecule has 19 nitrogen and oxygen atoms in total. The largest absolute Gasteiger partial charge is 0.489 e. The van der Waals surface area contributed by atoms with Gasteiger partial charge in [-0.1, -0.05) is 82.6 Å². The average molecular weight is 1200 g/mol. The topological polar surface area (TPSA) is 239 Å². The number of aliphatic hydroxyl groups is 1. The van der Waals surface area contributed by atoms with E-state index in [9.17, 15) is 29.1 Å². The number of hydrogen-bond acceptors (Lipinski definition) is 16. The molecule has 7 rings (SSSR count). The smallest absolute Gasteiger partial charge is 0.246 e. The second-order valence-corrected chi connectivity index (χ2v) is 25.5. The molecule has 0 radical (unpaired) electrons. The number of aliphatic hydroxyl groups excluding tert-OH is 1. The van der Waals surface area contributed by atoms with Crippen LogP contribution in [0.15, 0.2) is 77.3 Å². The van der Waals surface area contributed by atoms with Crippen molar-refractivity contribution in [3.05, 3.63) is 99.8 Å². The van der Waals surface area contributed by atoms with Crippen molar-refractivity contribution in [1.29, 1.82) is 0 Å². The van der Waals surface area contributed by atoms with Crippen LogP contribution in [0.2, 0.25) is 5.02 Å². The van der Waals surface area contributed by atoms with Crippen molar-refractivity contribution >= 4 is 87.4 Å². The fourth-order valence-electron chi connectivity index (χ4n) is 10.00. The number of piperidine rings is 1. The SMILES string of the molecule is Cc1cc(Nc2ncc(Cl)c(Nc3ccccc3SC(C)C)n2)c(OC(C)C)cc1C1CCN(C(=O)CCCC(=O)NCCOCCOCC(=O)NC(C(=O)N2C[C@H](O)C[C@H]2C(=O)NCc2ccc(-c3scnc3C)cc2)C(C)(C)C)CC1. The van der Waals surface area contributed by atoms with Gasteiger partial charge in [0.1, 0.15) is 29.5 Å². The standard InChI is InChI=1S/C61H81ClN10O9S2/c1-37(2)81-50-31-45(39(5)29-48(50)68-60-65-33-46(62)57(70-60)67-47-13-10-11-14-51(47)83-38(3)4)42-21-24-71(25-22-42)54(76)16-12-15-52(74)63-23-26-79-27-28-80-35-53(75)69-56(61(7,8)9)59(78)72-34-44(73)30-49(72)58(77)64-32-41-17-19-43(20-18-41)55-40(6)66-36-82-55/h10-11,13-14,17-20,29,31,33,36-38,42,44,49,56,73H,12,15-16,21-28,30,32,34-35H2,1-9H3,(H,63,74)(H,64,77)(H,69,75)(H2,65,67,68,70)/t44-,49+,56?/m1/s1. The van der Waals surface area contributed by atoms with Crippen LogP contribution in [0.1, 0.15) is 115 Å². The van der Waals surface area contributed by atoms with Gasteiger partial charge in [0, 0.05) is 62.1 Å². The number of thiazole rings is 1. The number of nitrogens with zero attached hydrogens (tertiary/aromatic N) is 5. The number of halogens is 1. The minimum Gasteiger partial charge on any atom is -0.489 e. The highest BCUT2D eigenvalue weighted by molar-refractivity contribution is 8.00. The Balaban J connectivity index is 0.768. The Labute approximate surface area is 501 Å². The predicted molar refractivity (Wildman–Crippen MR) is 327 cm³/mol. The highest BCUT2D eigenvalue weighted by Gasteiger charge is 2.44. The summed E-state index contributed by atoms with van der Waals surface area (Å²) in [5.74, 6) is 0.247. The van der Waals surface area contributed by atoms with E-state index in [0.717, 1.165) is 56.4 Å². The molecule has 0 saturated carbocycles. The Bertz CT molecular complexity index is 3000. The fraction of sp³-hybridized carbons (Fsp3) is 0.508. The van der Waals surface area contributed by atoms with Gasteiger partial charge in [0.2, 0.25) is 35.5 Å². The van der Waals surface area contributed by atoms with E-state index in [-0.39, 0.29) is 95.1 Å². The van der Waals surface area contributed by atoms with Crippen LogP contribution in [0.25, 0.3) is 10.4 Å². The van der Waals surface area contributed by atoms with Gasteiger partial charge in [-0.25, -0.2) is 9.97 Å². The monoisotopic (exact) mass is 1200 g/mol. The van der Waals surface area contributed by atoms with E-state index in [1.165, 1.54) is 10.5 Å². The zero-order valence-corrected chi connectivity index (χ0v) is 51.5. The third-order valence-electron chi connectivity index (χ3n) is 14.2. The molecular weight excluding hydrogens is 1120 g/mol. The number of amides is 5. The molecule has 2 aromatic heterocycles. The second kappa shape index (κ2) is 30.4. The van der Waals surface area contributed by atoms with Gasteiger partial charge in [0.25, 0.3) is 0 Å². The number of carbonyl (C=O) groups excluding carboxylic acids is 5. The first-order valence-corrected chi connectivity index (χ1v) is 30.7. The van der Waals surface area contributed by atoms with Gasteiger partial charge in [-0.3, -0.25) is 24.0 Å². The lowest BCUT2D eigenvalue weighted by atomic mass is 9.85. The Morgan fingerprint density at radius 3 is 2.31 bits per heavy atom. The van der Waals surface area contributed by atoms with Gasteiger partial charge in [-0.2, -0.15) is 4.98 Å². The summed E-state index contributed by atoms with van der Waals surface area (Å²) < 4.78 is 17.5. The summed E-state index contributed by atoms with van der Waals surface area (Å²) >= 11 is 9.91. The number of thioether (sulfide) groups is 1. The maximum atomic E-state index is 14.0. The molecule has 1 unspecified atom stereocenters. The molecule has 2 saturated heterocycles. The van der Waals surface area contributed by atoms with Crippen molar-refractivity contribution in [3.63, 3.8) is 0 Å². The van der Waals surface area contributed by atoms with E-state index in [2.05, 4.69) is 75.5 Å². The number of benzene rings is 3. The third-order valence-corrected chi connectivity index (χ3v) is 16.5. The number of rotatable bonds is 27. The van der Waals surface area contributed by atoms with Crippen LogP contribution < -0.4 is 31.3 Å². The summed E-state index contributed by atoms with van der Waals surface area (Å²) in [6.45, 7) is 19.6. The van der Waals surface area contributed by atoms with E-state index in [1.807, 2.05) is 88.9 Å². The van der Waals surface area contributed by atoms with Gasteiger partial charge >= 0.3 is 0 Å². The van der Waals surface area contributed by atoms with E-state index in [0.29, 0.717) is 47.3 Å². The average Bonchev–Trinajstić information content (AvgIpc) is 4.09. The molecule has 0 bridgehead atoms. The zero-order valence-electron chi connectivity index (χ0n) is 49.1. The van der Waals surface area contributed by atoms with Crippen molar-refractivity contribution in [2.24, 2.45) is 5.41 Å². The number of carbonyl (C=O) groups is 5. The molecule has 3 atom stereocenters. The first kappa shape index (κ1) is 64.2. The number of ether oxygens (including phenoxy) is 3. The molecule has 0 aliphatic carbocycles. The molecule has 4 heterocycles. The Morgan fingerprint density at radius 1 is 0.880 bits per heavy atom. The van der Waals surface area contributed by atoms with Crippen LogP contribution in [0.3, 0.4) is 0 Å². The first-order valence-electron chi connectivity index (χ1n) is 28.5. The molecule has 0 spiro atoms. The van der Waals surface area contributed by atoms with Crippen molar-refractivity contribution in [1.82, 2.24) is 40.7 Å². The van der Waals surface area contributed by atoms with E-state index in [4.69, 9.17) is 30.8 Å². The first-order chi connectivity index (χ1) is 39.6. The maximum Gasteiger partial charge on any atom is 0.246 e. The summed E-state index contributed by atoms with van der Waals surface area (Å²) in [5, 5.41) is 26.7. The van der Waals surface area contributed by atoms with Crippen molar-refractivity contribution in [3.8, 4) is 16.2 Å². The van der Waals surface area contributed by atoms with Crippen LogP contribution in [-0.4, -0.2) is 142 Å². The van der Waals surface area contributed by atoms with Gasteiger partial charge in [0.05, 0.1) is 65.7 Å². The zero-order chi connectivity index (χ0) is 59.8. The summed E-state index contributed by atoms with van der Waals surface area (Å²) in [5.41, 5.74) is 7.85. The van der Waals surface area contributed by atoms with Crippen LogP contribution in [-0.2, 0) is 40.0 Å². The molecule has 22 heteroatoms. The van der Waals surface area contributed by atoms with Crippen molar-refractivity contribution < 1.29 is 43.3 Å². The molecule has 6 N–H and O–H groups in total. The molecular formula is C61H81ClN10O9S2. The maximum absolute atomic E-state index is 14.0. The molecule has 3 aromatic carbocycles. The van der Waals surface area contributed by atoms with E-state index >= 15 is 0 Å². The number of aryl methyl sites for hydroxylation is 2. The van der Waals surface area contributed by atoms with Gasteiger partial charge in [-0.05, 0) is 105 Å². The molecule has 2 fully saturated rings. The highest BCUT2D eigenvalue weighted by atomic mass is 35.5. The minimum atomic E-state index is -0.998. The Kier molecular flexibility index (Phi) is 23.6. The van der Waals surface area contributed by atoms with Gasteiger partial charge < -0.3 is 55.7 Å². The van der Waals surface area contributed by atoms with Crippen molar-refractivity contribution in [2.75, 3.05) is 63.2 Å². The molecule has 5 amide bonds. The lowest BCUT2D eigenvalue weighted by Gasteiger charge is -2.35. The third kappa shape index (κ3) is 18.8. The number of para-hydroxylation sites is 1. The summed E-state index contributed by atoms with van der Waals surface area (Å²) in [7, 11) is 0. The van der Waals surface area contributed by atoms with Crippen LogP contribution >= 0.6 is 34.7 Å². The molecule has 2 aliphatic rings. The summed E-state index contributed by atoms with van der Waals surface area (Å²) in [6.07, 6.45) is 3.17. The Morgan fingerprint density at radius 2 is 1.61 bits per heavy atom. The fourth-order valence-corrected chi connectivity index (χ4v) is 11.9. The number of aromatic nitrogens is 3. The number of anilines is 4.